The Kier molecular flexibility index (Phi) is 5.82. The molecule has 1 aromatic heterocycles. The molecule has 1 N–H and O–H groups in total. The summed E-state index contributed by atoms with van der Waals surface area (Å²) in [6.45, 7) is 3.60. The summed E-state index contributed by atoms with van der Waals surface area (Å²) in [4.78, 5) is 19.2. The number of rotatable bonds is 4. The van der Waals surface area contributed by atoms with Gasteiger partial charge < -0.3 is 9.84 Å². The van der Waals surface area contributed by atoms with Crippen molar-refractivity contribution in [3.63, 3.8) is 0 Å². The van der Waals surface area contributed by atoms with E-state index in [4.69, 9.17) is 16.1 Å². The monoisotopic (exact) mass is 492 g/mol. The topological polar surface area (TPSA) is 71.3 Å². The number of allylic oxidation sites excluding steroid dienone is 1. The first-order valence-corrected chi connectivity index (χ1v) is 11.1. The largest absolute Gasteiger partial charge is 0.334 e. The second kappa shape index (κ2) is 8.96. The van der Waals surface area contributed by atoms with Gasteiger partial charge in [-0.25, -0.2) is 13.6 Å². The number of amides is 2. The van der Waals surface area contributed by atoms with Crippen molar-refractivity contribution in [2.75, 3.05) is 4.90 Å². The van der Waals surface area contributed by atoms with E-state index in [0.717, 1.165) is 5.56 Å². The summed E-state index contributed by atoms with van der Waals surface area (Å²) in [5.74, 6) is -0.597. The van der Waals surface area contributed by atoms with Gasteiger partial charge in [-0.2, -0.15) is 4.98 Å². The van der Waals surface area contributed by atoms with E-state index in [9.17, 15) is 13.6 Å². The Labute approximate surface area is 204 Å². The zero-order valence-corrected chi connectivity index (χ0v) is 19.5. The smallest absolute Gasteiger partial charge is 0.326 e. The molecule has 0 aliphatic carbocycles. The van der Waals surface area contributed by atoms with Crippen LogP contribution in [-0.2, 0) is 0 Å². The van der Waals surface area contributed by atoms with E-state index in [1.807, 2.05) is 13.0 Å². The highest BCUT2D eigenvalue weighted by molar-refractivity contribution is 6.31. The SMILES string of the molecule is CC1=C(c2nc(-c3cccc(F)c3)no2)C(c2cccc(F)c2)NC(=O)N1c1ccc(C)c(Cl)c1. The number of aryl methyl sites for hydroxylation is 1. The average Bonchev–Trinajstić information content (AvgIpc) is 3.31. The average molecular weight is 493 g/mol. The number of nitrogens with zero attached hydrogens (tertiary/aromatic N) is 3. The normalized spacial score (nSPS) is 16.0. The van der Waals surface area contributed by atoms with Crippen molar-refractivity contribution in [1.29, 1.82) is 0 Å². The minimum Gasteiger partial charge on any atom is -0.334 e. The maximum atomic E-state index is 14.1. The van der Waals surface area contributed by atoms with Crippen molar-refractivity contribution in [3.8, 4) is 11.4 Å². The second-order valence-corrected chi connectivity index (χ2v) is 8.55. The summed E-state index contributed by atoms with van der Waals surface area (Å²) in [7, 11) is 0. The highest BCUT2D eigenvalue weighted by atomic mass is 35.5. The number of aromatic nitrogens is 2. The van der Waals surface area contributed by atoms with Crippen LogP contribution in [-0.4, -0.2) is 16.2 Å². The molecule has 1 aliphatic heterocycles. The first kappa shape index (κ1) is 22.7. The van der Waals surface area contributed by atoms with Gasteiger partial charge in [-0.05, 0) is 61.4 Å². The van der Waals surface area contributed by atoms with Crippen molar-refractivity contribution in [1.82, 2.24) is 15.5 Å². The van der Waals surface area contributed by atoms with Crippen LogP contribution in [0.2, 0.25) is 5.02 Å². The Morgan fingerprint density at radius 2 is 1.74 bits per heavy atom. The van der Waals surface area contributed by atoms with E-state index >= 15 is 0 Å². The van der Waals surface area contributed by atoms with Crippen molar-refractivity contribution >= 4 is 28.9 Å². The van der Waals surface area contributed by atoms with Gasteiger partial charge in [0.15, 0.2) is 0 Å². The molecule has 1 aliphatic rings. The third kappa shape index (κ3) is 4.28. The Morgan fingerprint density at radius 3 is 2.46 bits per heavy atom. The van der Waals surface area contributed by atoms with Crippen LogP contribution < -0.4 is 10.2 Å². The molecule has 6 nitrogen and oxygen atoms in total. The zero-order chi connectivity index (χ0) is 24.7. The maximum absolute atomic E-state index is 14.1. The van der Waals surface area contributed by atoms with E-state index in [0.29, 0.717) is 33.1 Å². The summed E-state index contributed by atoms with van der Waals surface area (Å²) >= 11 is 6.32. The third-order valence-electron chi connectivity index (χ3n) is 5.82. The highest BCUT2D eigenvalue weighted by Gasteiger charge is 2.36. The second-order valence-electron chi connectivity index (χ2n) is 8.14. The van der Waals surface area contributed by atoms with Gasteiger partial charge in [0.05, 0.1) is 17.3 Å². The van der Waals surface area contributed by atoms with Crippen LogP contribution in [0, 0.1) is 18.6 Å². The lowest BCUT2D eigenvalue weighted by atomic mass is 9.94. The number of benzene rings is 3. The van der Waals surface area contributed by atoms with Crippen LogP contribution in [0.4, 0.5) is 19.3 Å². The van der Waals surface area contributed by atoms with Gasteiger partial charge in [0.1, 0.15) is 11.6 Å². The number of halogens is 3. The molecule has 0 radical (unpaired) electrons. The van der Waals surface area contributed by atoms with Gasteiger partial charge in [0.2, 0.25) is 5.82 Å². The van der Waals surface area contributed by atoms with Crippen LogP contribution in [0.1, 0.15) is 30.0 Å². The van der Waals surface area contributed by atoms with Crippen LogP contribution >= 0.6 is 11.6 Å². The molecule has 2 amide bonds. The van der Waals surface area contributed by atoms with E-state index < -0.39 is 23.7 Å². The molecule has 0 saturated carbocycles. The molecule has 4 aromatic rings. The van der Waals surface area contributed by atoms with Crippen molar-refractivity contribution in [2.24, 2.45) is 0 Å². The van der Waals surface area contributed by atoms with Gasteiger partial charge in [0, 0.05) is 16.3 Å². The fraction of sp³-hybridized carbons (Fsp3) is 0.115. The quantitative estimate of drug-likeness (QED) is 0.345. The van der Waals surface area contributed by atoms with Crippen LogP contribution in [0.3, 0.4) is 0 Å². The molecule has 9 heteroatoms. The lowest BCUT2D eigenvalue weighted by Gasteiger charge is -2.35. The molecule has 0 saturated heterocycles. The molecule has 0 spiro atoms. The van der Waals surface area contributed by atoms with Crippen LogP contribution in [0.5, 0.6) is 0 Å². The fourth-order valence-electron chi connectivity index (χ4n) is 4.07. The summed E-state index contributed by atoms with van der Waals surface area (Å²) in [6.07, 6.45) is 0. The summed E-state index contributed by atoms with van der Waals surface area (Å²) in [5, 5.41) is 7.43. The number of nitrogens with one attached hydrogen (secondary N) is 1. The summed E-state index contributed by atoms with van der Waals surface area (Å²) in [5.41, 5.74) is 3.31. The Morgan fingerprint density at radius 1 is 1.00 bits per heavy atom. The minimum atomic E-state index is -0.767. The number of carbonyl (C=O) groups excluding carboxylic acids is 1. The highest BCUT2D eigenvalue weighted by Crippen LogP contribution is 2.39. The minimum absolute atomic E-state index is 0.110. The lowest BCUT2D eigenvalue weighted by molar-refractivity contribution is 0.244. The molecule has 0 fully saturated rings. The van der Waals surface area contributed by atoms with E-state index in [2.05, 4.69) is 15.5 Å². The van der Waals surface area contributed by atoms with Crippen LogP contribution in [0.25, 0.3) is 17.0 Å². The van der Waals surface area contributed by atoms with Crippen LogP contribution in [0.15, 0.2) is 77.0 Å². The molecule has 1 atom stereocenters. The molecular weight excluding hydrogens is 474 g/mol. The van der Waals surface area contributed by atoms with E-state index in [1.54, 1.807) is 43.3 Å². The molecular formula is C26H19ClF2N4O2. The molecule has 1 unspecified atom stereocenters. The number of hydrogen-bond donors (Lipinski definition) is 1. The number of hydrogen-bond acceptors (Lipinski definition) is 4. The molecule has 2 heterocycles. The van der Waals surface area contributed by atoms with Gasteiger partial charge in [-0.1, -0.05) is 47.1 Å². The molecule has 5 rings (SSSR count). The van der Waals surface area contributed by atoms with Gasteiger partial charge in [-0.3, -0.25) is 4.90 Å². The number of carbonyl (C=O) groups is 1. The van der Waals surface area contributed by atoms with Gasteiger partial charge in [0.25, 0.3) is 5.89 Å². The number of urea groups is 1. The Balaban J connectivity index is 1.67. The lowest BCUT2D eigenvalue weighted by Crippen LogP contribution is -2.46. The first-order valence-electron chi connectivity index (χ1n) is 10.7. The Bertz CT molecular complexity index is 1480. The molecule has 176 valence electrons. The standard InChI is InChI=1S/C26H19ClF2N4O2/c1-14-9-10-20(13-21(14)27)33-15(2)22(23(30-26(33)34)16-5-3-7-18(28)11-16)25-31-24(32-35-25)17-6-4-8-19(29)12-17/h3-13,23H,1-2H3,(H,30,34). The van der Waals surface area contributed by atoms with Crippen molar-refractivity contribution < 1.29 is 18.1 Å². The zero-order valence-electron chi connectivity index (χ0n) is 18.7. The predicted octanol–water partition coefficient (Wildman–Crippen LogP) is 6.68. The fourth-order valence-corrected chi connectivity index (χ4v) is 4.24. The van der Waals surface area contributed by atoms with Gasteiger partial charge in [-0.15, -0.1) is 0 Å². The third-order valence-corrected chi connectivity index (χ3v) is 6.23. The Hall–Kier alpha value is -4.04. The maximum Gasteiger partial charge on any atom is 0.326 e. The predicted molar refractivity (Wildman–Crippen MR) is 129 cm³/mol. The van der Waals surface area contributed by atoms with Gasteiger partial charge >= 0.3 is 6.03 Å². The molecule has 3 aromatic carbocycles. The number of anilines is 1. The first-order chi connectivity index (χ1) is 16.8. The summed E-state index contributed by atoms with van der Waals surface area (Å²) < 4.78 is 33.4. The van der Waals surface area contributed by atoms with E-state index in [1.165, 1.54) is 29.2 Å². The molecule has 0 bridgehead atoms. The van der Waals surface area contributed by atoms with Crippen molar-refractivity contribution in [3.05, 3.63) is 106 Å². The van der Waals surface area contributed by atoms with Crippen molar-refractivity contribution in [2.45, 2.75) is 19.9 Å². The summed E-state index contributed by atoms with van der Waals surface area (Å²) in [6, 6.07) is 15.8. The van der Waals surface area contributed by atoms with E-state index in [-0.39, 0.29) is 11.7 Å². The molecule has 35 heavy (non-hydrogen) atoms.